The van der Waals surface area contributed by atoms with Gasteiger partial charge >= 0.3 is 0 Å². The predicted molar refractivity (Wildman–Crippen MR) is 106 cm³/mol. The molecular weight excluding hydrogens is 288 g/mol. The van der Waals surface area contributed by atoms with E-state index in [1.807, 2.05) is 12.1 Å². The Morgan fingerprint density at radius 1 is 0.609 bits per heavy atom. The number of nitrogens with two attached hydrogens (primary N) is 2. The molecule has 4 nitrogen and oxygen atoms in total. The van der Waals surface area contributed by atoms with E-state index in [4.69, 9.17) is 10.2 Å². The van der Waals surface area contributed by atoms with Gasteiger partial charge in [0.25, 0.3) is 0 Å². The van der Waals surface area contributed by atoms with Crippen molar-refractivity contribution in [3.63, 3.8) is 0 Å². The Bertz CT molecular complexity index is 330. The first-order valence-corrected chi connectivity index (χ1v) is 6.84. The number of para-hydroxylation sites is 2. The summed E-state index contributed by atoms with van der Waals surface area (Å²) < 4.78 is 0. The van der Waals surface area contributed by atoms with Crippen molar-refractivity contribution in [1.82, 2.24) is 0 Å². The quantitative estimate of drug-likeness (QED) is 0.568. The van der Waals surface area contributed by atoms with Crippen molar-refractivity contribution in [3.8, 4) is 11.5 Å². The molecule has 2 aromatic rings. The summed E-state index contributed by atoms with van der Waals surface area (Å²) in [7, 11) is 3.00. The highest BCUT2D eigenvalue weighted by Crippen LogP contribution is 2.03. The van der Waals surface area contributed by atoms with Crippen molar-refractivity contribution in [1.29, 1.82) is 0 Å². The normalized spacial score (nSPS) is 6.52. The van der Waals surface area contributed by atoms with Gasteiger partial charge in [0.1, 0.15) is 11.5 Å². The van der Waals surface area contributed by atoms with Crippen LogP contribution in [0, 0.1) is 0 Å². The lowest BCUT2D eigenvalue weighted by Crippen LogP contribution is -1.69. The highest BCUT2D eigenvalue weighted by Gasteiger charge is 1.75. The van der Waals surface area contributed by atoms with Crippen LogP contribution in [0.25, 0.3) is 0 Å². The summed E-state index contributed by atoms with van der Waals surface area (Å²) in [6.07, 6.45) is 1.25. The number of phenolic OH excluding ortho intramolecular Hbond substituents is 2. The zero-order chi connectivity index (χ0) is 16.9. The van der Waals surface area contributed by atoms with E-state index < -0.39 is 0 Å². The molecule has 0 spiro atoms. The number of aromatic hydroxyl groups is 2. The van der Waals surface area contributed by atoms with Crippen molar-refractivity contribution < 1.29 is 10.2 Å². The van der Waals surface area contributed by atoms with Gasteiger partial charge in [0.2, 0.25) is 0 Å². The van der Waals surface area contributed by atoms with Crippen molar-refractivity contribution in [2.24, 2.45) is 11.5 Å². The molecule has 4 heteroatoms. The van der Waals surface area contributed by atoms with E-state index in [0.717, 1.165) is 0 Å². The van der Waals surface area contributed by atoms with Gasteiger partial charge in [0, 0.05) is 0 Å². The van der Waals surface area contributed by atoms with Crippen LogP contribution in [0.1, 0.15) is 35.1 Å². The first kappa shape index (κ1) is 32.8. The van der Waals surface area contributed by atoms with Crippen LogP contribution in [0.4, 0.5) is 0 Å². The fourth-order valence-electron chi connectivity index (χ4n) is 0.856. The van der Waals surface area contributed by atoms with Crippen molar-refractivity contribution in [3.05, 3.63) is 60.7 Å². The van der Waals surface area contributed by atoms with Gasteiger partial charge in [0.15, 0.2) is 0 Å². The lowest BCUT2D eigenvalue weighted by Gasteiger charge is -1.82. The molecule has 0 fully saturated rings. The first-order chi connectivity index (χ1) is 10.2. The Hall–Kier alpha value is -2.04. The molecule has 0 aliphatic carbocycles. The average molecular weight is 327 g/mol. The van der Waals surface area contributed by atoms with E-state index in [9.17, 15) is 0 Å². The summed E-state index contributed by atoms with van der Waals surface area (Å²) >= 11 is 0. The van der Waals surface area contributed by atoms with Crippen LogP contribution in [0.2, 0.25) is 0 Å². The van der Waals surface area contributed by atoms with Gasteiger partial charge < -0.3 is 21.7 Å². The molecule has 0 radical (unpaired) electrons. The summed E-state index contributed by atoms with van der Waals surface area (Å²) in [4.78, 5) is 0. The standard InChI is InChI=1S/2C6H6O.C3H8.2CH5N.2CH4/c2*7-6-4-2-1-3-5-6;1-3-2;2*1-2;;/h2*1-5,7H;3H2,1-2H3;2*2H2,1H3;2*1H4. The predicted octanol–water partition coefficient (Wildman–Crippen LogP) is 4.62. The Kier molecular flexibility index (Phi) is 45.7. The van der Waals surface area contributed by atoms with Gasteiger partial charge in [-0.15, -0.1) is 0 Å². The lowest BCUT2D eigenvalue weighted by molar-refractivity contribution is 0.475. The molecule has 6 N–H and O–H groups in total. The summed E-state index contributed by atoms with van der Waals surface area (Å²) in [5, 5.41) is 17.3. The Morgan fingerprint density at radius 3 is 0.870 bits per heavy atom. The molecule has 2 rings (SSSR count). The average Bonchev–Trinajstić information content (AvgIpc) is 2.54. The Balaban J connectivity index is -0.0000000642. The van der Waals surface area contributed by atoms with Crippen LogP contribution >= 0.6 is 0 Å². The monoisotopic (exact) mass is 326 g/mol. The molecule has 0 bridgehead atoms. The minimum absolute atomic E-state index is 0. The molecule has 0 aliphatic rings. The minimum Gasteiger partial charge on any atom is -0.508 e. The largest absolute Gasteiger partial charge is 0.508 e. The van der Waals surface area contributed by atoms with Gasteiger partial charge in [-0.25, -0.2) is 0 Å². The highest BCUT2D eigenvalue weighted by atomic mass is 16.3. The lowest BCUT2D eigenvalue weighted by atomic mass is 10.3. The summed E-state index contributed by atoms with van der Waals surface area (Å²) in [6.45, 7) is 4.25. The van der Waals surface area contributed by atoms with Crippen LogP contribution in [-0.2, 0) is 0 Å². The zero-order valence-corrected chi connectivity index (χ0v) is 13.5. The van der Waals surface area contributed by atoms with Crippen molar-refractivity contribution in [2.75, 3.05) is 14.1 Å². The van der Waals surface area contributed by atoms with E-state index in [1.165, 1.54) is 20.5 Å². The smallest absolute Gasteiger partial charge is 0.115 e. The Labute approximate surface area is 143 Å². The van der Waals surface area contributed by atoms with E-state index in [2.05, 4.69) is 25.3 Å². The molecule has 0 saturated carbocycles. The third-order valence-corrected chi connectivity index (χ3v) is 1.51. The van der Waals surface area contributed by atoms with Crippen LogP contribution in [0.5, 0.6) is 11.5 Å². The van der Waals surface area contributed by atoms with Gasteiger partial charge in [-0.2, -0.15) is 0 Å². The second-order valence-electron chi connectivity index (χ2n) is 3.38. The van der Waals surface area contributed by atoms with Crippen LogP contribution in [0.3, 0.4) is 0 Å². The maximum Gasteiger partial charge on any atom is 0.115 e. The maximum atomic E-state index is 8.63. The molecule has 0 atom stereocenters. The minimum atomic E-state index is 0. The van der Waals surface area contributed by atoms with Gasteiger partial charge in [-0.05, 0) is 38.4 Å². The molecule has 0 heterocycles. The fourth-order valence-corrected chi connectivity index (χ4v) is 0.856. The van der Waals surface area contributed by atoms with E-state index in [-0.39, 0.29) is 14.9 Å². The molecule has 0 unspecified atom stereocenters. The van der Waals surface area contributed by atoms with Crippen LogP contribution < -0.4 is 11.5 Å². The number of rotatable bonds is 0. The van der Waals surface area contributed by atoms with Crippen LogP contribution in [0.15, 0.2) is 60.7 Å². The number of hydrogen-bond acceptors (Lipinski definition) is 4. The first-order valence-electron chi connectivity index (χ1n) is 6.84. The highest BCUT2D eigenvalue weighted by molar-refractivity contribution is 5.19. The number of benzene rings is 2. The van der Waals surface area contributed by atoms with E-state index in [0.29, 0.717) is 11.5 Å². The second-order valence-corrected chi connectivity index (χ2v) is 3.38. The summed E-state index contributed by atoms with van der Waals surface area (Å²) in [6, 6.07) is 17.4. The molecule has 2 aromatic carbocycles. The van der Waals surface area contributed by atoms with E-state index in [1.54, 1.807) is 48.5 Å². The van der Waals surface area contributed by atoms with Crippen LogP contribution in [-0.4, -0.2) is 24.3 Å². The Morgan fingerprint density at radius 2 is 0.783 bits per heavy atom. The SMILES string of the molecule is C.C.CCC.CN.CN.Oc1ccccc1.Oc1ccccc1. The number of hydrogen-bond donors (Lipinski definition) is 4. The molecular formula is C19H38N2O2. The molecule has 23 heavy (non-hydrogen) atoms. The molecule has 0 aromatic heterocycles. The summed E-state index contributed by atoms with van der Waals surface area (Å²) in [5.41, 5.74) is 9.00. The van der Waals surface area contributed by atoms with Crippen molar-refractivity contribution >= 4 is 0 Å². The van der Waals surface area contributed by atoms with Gasteiger partial charge in [-0.3, -0.25) is 0 Å². The maximum absolute atomic E-state index is 8.63. The third kappa shape index (κ3) is 33.0. The topological polar surface area (TPSA) is 92.5 Å². The zero-order valence-electron chi connectivity index (χ0n) is 13.5. The van der Waals surface area contributed by atoms with Crippen molar-refractivity contribution in [2.45, 2.75) is 35.1 Å². The summed E-state index contributed by atoms with van der Waals surface area (Å²) in [5.74, 6) is 0.644. The fraction of sp³-hybridized carbons (Fsp3) is 0.368. The molecule has 0 amide bonds. The molecule has 0 aliphatic heterocycles. The van der Waals surface area contributed by atoms with E-state index >= 15 is 0 Å². The molecule has 0 saturated heterocycles. The van der Waals surface area contributed by atoms with Gasteiger partial charge in [-0.1, -0.05) is 71.5 Å². The van der Waals surface area contributed by atoms with Gasteiger partial charge in [0.05, 0.1) is 0 Å². The second kappa shape index (κ2) is 32.1. The number of phenols is 2. The third-order valence-electron chi connectivity index (χ3n) is 1.51. The molecule has 136 valence electrons.